The Balaban J connectivity index is 2.00. The number of carboxylic acid groups (broad SMARTS) is 2. The van der Waals surface area contributed by atoms with E-state index < -0.39 is 11.9 Å². The SMILES string of the molecule is O=C(O)CCC1=C2C=C(C(=O)O)C=CC2SC2=C(C=CCC2)O1. The number of carbonyl (C=O) groups is 2. The normalized spacial score (nSPS) is 22.8. The van der Waals surface area contributed by atoms with E-state index in [2.05, 4.69) is 0 Å². The quantitative estimate of drug-likeness (QED) is 0.821. The molecule has 1 atom stereocenters. The first-order valence-corrected chi connectivity index (χ1v) is 8.25. The van der Waals surface area contributed by atoms with Gasteiger partial charge < -0.3 is 14.9 Å². The molecule has 2 aliphatic carbocycles. The molecular weight excluding hydrogens is 316 g/mol. The maximum Gasteiger partial charge on any atom is 0.335 e. The van der Waals surface area contributed by atoms with Crippen LogP contribution in [0.3, 0.4) is 0 Å². The van der Waals surface area contributed by atoms with Gasteiger partial charge in [0.1, 0.15) is 11.5 Å². The Labute approximate surface area is 137 Å². The number of carboxylic acids is 2. The summed E-state index contributed by atoms with van der Waals surface area (Å²) in [5, 5.41) is 18.1. The Morgan fingerprint density at radius 3 is 2.87 bits per heavy atom. The van der Waals surface area contributed by atoms with Gasteiger partial charge >= 0.3 is 11.9 Å². The summed E-state index contributed by atoms with van der Waals surface area (Å²) >= 11 is 1.65. The third-order valence-corrected chi connectivity index (χ3v) is 5.14. The predicted octanol–water partition coefficient (Wildman–Crippen LogP) is 3.38. The molecule has 0 amide bonds. The smallest absolute Gasteiger partial charge is 0.335 e. The lowest BCUT2D eigenvalue weighted by molar-refractivity contribution is -0.137. The molecule has 0 radical (unpaired) electrons. The largest absolute Gasteiger partial charge is 0.481 e. The van der Waals surface area contributed by atoms with Crippen LogP contribution in [0.5, 0.6) is 0 Å². The zero-order valence-corrected chi connectivity index (χ0v) is 13.1. The van der Waals surface area contributed by atoms with E-state index in [9.17, 15) is 14.7 Å². The number of hydrogen-bond acceptors (Lipinski definition) is 4. The number of rotatable bonds is 4. The molecular formula is C17H16O5S. The molecule has 0 saturated carbocycles. The summed E-state index contributed by atoms with van der Waals surface area (Å²) in [6.07, 6.45) is 11.0. The fraction of sp³-hybridized carbons (Fsp3) is 0.294. The number of aliphatic carboxylic acids is 2. The van der Waals surface area contributed by atoms with Crippen LogP contribution in [0.2, 0.25) is 0 Å². The second-order valence-corrected chi connectivity index (χ2v) is 6.64. The van der Waals surface area contributed by atoms with Crippen molar-refractivity contribution in [1.82, 2.24) is 0 Å². The number of hydrogen-bond donors (Lipinski definition) is 2. The van der Waals surface area contributed by atoms with E-state index in [1.807, 2.05) is 18.2 Å². The average Bonchev–Trinajstić information content (AvgIpc) is 2.68. The number of ether oxygens (including phenoxy) is 1. The van der Waals surface area contributed by atoms with Crippen molar-refractivity contribution in [1.29, 1.82) is 0 Å². The van der Waals surface area contributed by atoms with Crippen molar-refractivity contribution >= 4 is 23.7 Å². The maximum absolute atomic E-state index is 11.2. The third-order valence-electron chi connectivity index (χ3n) is 3.79. The topological polar surface area (TPSA) is 83.8 Å². The number of fused-ring (bicyclic) bond motifs is 1. The van der Waals surface area contributed by atoms with Gasteiger partial charge in [0, 0.05) is 16.9 Å². The van der Waals surface area contributed by atoms with Crippen molar-refractivity contribution in [3.8, 4) is 0 Å². The lowest BCUT2D eigenvalue weighted by atomic mass is 9.98. The molecule has 0 bridgehead atoms. The van der Waals surface area contributed by atoms with Gasteiger partial charge in [0.05, 0.1) is 17.2 Å². The first kappa shape index (κ1) is 15.7. The molecule has 120 valence electrons. The van der Waals surface area contributed by atoms with E-state index in [0.717, 1.165) is 29.1 Å². The maximum atomic E-state index is 11.2. The van der Waals surface area contributed by atoms with Crippen molar-refractivity contribution in [3.63, 3.8) is 0 Å². The molecule has 2 N–H and O–H groups in total. The van der Waals surface area contributed by atoms with Crippen molar-refractivity contribution in [2.45, 2.75) is 30.9 Å². The van der Waals surface area contributed by atoms with E-state index in [1.54, 1.807) is 23.9 Å². The van der Waals surface area contributed by atoms with Crippen LogP contribution < -0.4 is 0 Å². The molecule has 0 aromatic heterocycles. The van der Waals surface area contributed by atoms with E-state index in [4.69, 9.17) is 9.84 Å². The zero-order valence-electron chi connectivity index (χ0n) is 12.3. The third kappa shape index (κ3) is 3.42. The van der Waals surface area contributed by atoms with Gasteiger partial charge in [-0.15, -0.1) is 11.8 Å². The Morgan fingerprint density at radius 2 is 2.13 bits per heavy atom. The summed E-state index contributed by atoms with van der Waals surface area (Å²) in [5.41, 5.74) is 0.933. The van der Waals surface area contributed by atoms with Crippen LogP contribution in [0.1, 0.15) is 25.7 Å². The summed E-state index contributed by atoms with van der Waals surface area (Å²) in [6, 6.07) is 0. The van der Waals surface area contributed by atoms with Crippen LogP contribution >= 0.6 is 11.8 Å². The fourth-order valence-electron chi connectivity index (χ4n) is 2.66. The molecule has 1 unspecified atom stereocenters. The van der Waals surface area contributed by atoms with Gasteiger partial charge in [-0.1, -0.05) is 18.2 Å². The monoisotopic (exact) mass is 332 g/mol. The molecule has 3 aliphatic rings. The summed E-state index contributed by atoms with van der Waals surface area (Å²) in [7, 11) is 0. The molecule has 1 aliphatic heterocycles. The predicted molar refractivity (Wildman–Crippen MR) is 86.6 cm³/mol. The van der Waals surface area contributed by atoms with Gasteiger partial charge in [0.15, 0.2) is 0 Å². The molecule has 0 fully saturated rings. The Bertz CT molecular complexity index is 708. The minimum Gasteiger partial charge on any atom is -0.481 e. The summed E-state index contributed by atoms with van der Waals surface area (Å²) in [5.74, 6) is -0.610. The van der Waals surface area contributed by atoms with E-state index in [-0.39, 0.29) is 23.7 Å². The van der Waals surface area contributed by atoms with Gasteiger partial charge in [-0.2, -0.15) is 0 Å². The first-order valence-electron chi connectivity index (χ1n) is 7.37. The van der Waals surface area contributed by atoms with Gasteiger partial charge in [-0.05, 0) is 25.0 Å². The number of thioether (sulfide) groups is 1. The second-order valence-electron chi connectivity index (χ2n) is 5.41. The van der Waals surface area contributed by atoms with Crippen molar-refractivity contribution < 1.29 is 24.5 Å². The second kappa shape index (κ2) is 6.50. The molecule has 0 saturated heterocycles. The highest BCUT2D eigenvalue weighted by molar-refractivity contribution is 8.04. The molecule has 3 rings (SSSR count). The summed E-state index contributed by atoms with van der Waals surface area (Å²) in [6.45, 7) is 0. The highest BCUT2D eigenvalue weighted by Crippen LogP contribution is 2.43. The molecule has 23 heavy (non-hydrogen) atoms. The minimum absolute atomic E-state index is 0.0408. The average molecular weight is 332 g/mol. The van der Waals surface area contributed by atoms with E-state index in [1.165, 1.54) is 0 Å². The molecule has 6 heteroatoms. The van der Waals surface area contributed by atoms with E-state index in [0.29, 0.717) is 5.76 Å². The Hall–Kier alpha value is -2.21. The van der Waals surface area contributed by atoms with Gasteiger partial charge in [0.25, 0.3) is 0 Å². The standard InChI is InChI=1S/C17H16O5S/c18-16(19)8-6-12-11-9-10(17(20)21)5-7-14(11)23-15-4-2-1-3-13(15)22-12/h1,3,5,7,9,14H,2,4,6,8H2,(H,18,19)(H,20,21). The van der Waals surface area contributed by atoms with Crippen LogP contribution in [0.15, 0.2) is 57.9 Å². The van der Waals surface area contributed by atoms with Gasteiger partial charge in [0.2, 0.25) is 0 Å². The van der Waals surface area contributed by atoms with E-state index >= 15 is 0 Å². The van der Waals surface area contributed by atoms with Gasteiger partial charge in [-0.3, -0.25) is 4.79 Å². The Kier molecular flexibility index (Phi) is 4.43. The Morgan fingerprint density at radius 1 is 1.30 bits per heavy atom. The highest BCUT2D eigenvalue weighted by atomic mass is 32.2. The summed E-state index contributed by atoms with van der Waals surface area (Å²) in [4.78, 5) is 23.3. The molecule has 1 heterocycles. The minimum atomic E-state index is -1.00. The van der Waals surface area contributed by atoms with Crippen molar-refractivity contribution in [2.24, 2.45) is 0 Å². The first-order chi connectivity index (χ1) is 11.0. The number of allylic oxidation sites excluding steroid dienone is 5. The van der Waals surface area contributed by atoms with Crippen molar-refractivity contribution in [2.75, 3.05) is 0 Å². The van der Waals surface area contributed by atoms with Crippen LogP contribution in [0.4, 0.5) is 0 Å². The van der Waals surface area contributed by atoms with Crippen LogP contribution in [0.25, 0.3) is 0 Å². The molecule has 0 aromatic rings. The fourth-order valence-corrected chi connectivity index (χ4v) is 3.91. The van der Waals surface area contributed by atoms with Crippen LogP contribution in [-0.2, 0) is 14.3 Å². The van der Waals surface area contributed by atoms with Crippen LogP contribution in [-0.4, -0.2) is 27.4 Å². The molecule has 0 spiro atoms. The summed E-state index contributed by atoms with van der Waals surface area (Å²) < 4.78 is 5.98. The lowest BCUT2D eigenvalue weighted by Gasteiger charge is -2.19. The highest BCUT2D eigenvalue weighted by Gasteiger charge is 2.28. The zero-order chi connectivity index (χ0) is 16.4. The van der Waals surface area contributed by atoms with Crippen LogP contribution in [0, 0.1) is 0 Å². The molecule has 0 aromatic carbocycles. The van der Waals surface area contributed by atoms with Crippen molar-refractivity contribution in [3.05, 3.63) is 57.9 Å². The van der Waals surface area contributed by atoms with Gasteiger partial charge in [-0.25, -0.2) is 4.79 Å². The molecule has 5 nitrogen and oxygen atoms in total. The lowest BCUT2D eigenvalue weighted by Crippen LogP contribution is -2.12.